The van der Waals surface area contributed by atoms with Crippen LogP contribution in [0.4, 0.5) is 5.69 Å². The minimum absolute atomic E-state index is 0.0325. The molecule has 1 amide bonds. The maximum absolute atomic E-state index is 12.0. The van der Waals surface area contributed by atoms with Gasteiger partial charge in [-0.1, -0.05) is 17.7 Å². The van der Waals surface area contributed by atoms with E-state index < -0.39 is 0 Å². The van der Waals surface area contributed by atoms with Crippen LogP contribution in [0.25, 0.3) is 0 Å². The van der Waals surface area contributed by atoms with Gasteiger partial charge < -0.3 is 10.1 Å². The molecule has 1 N–H and O–H groups in total. The Kier molecular flexibility index (Phi) is 4.56. The van der Waals surface area contributed by atoms with Gasteiger partial charge in [-0.2, -0.15) is 0 Å². The fourth-order valence-electron chi connectivity index (χ4n) is 2.45. The van der Waals surface area contributed by atoms with E-state index in [9.17, 15) is 4.79 Å². The second-order valence-corrected chi connectivity index (χ2v) is 5.37. The maximum atomic E-state index is 12.0. The van der Waals surface area contributed by atoms with Crippen molar-refractivity contribution in [2.24, 2.45) is 0 Å². The number of hydrogen-bond acceptors (Lipinski definition) is 3. The summed E-state index contributed by atoms with van der Waals surface area (Å²) in [5, 5.41) is 2.92. The average molecular weight is 262 g/mol. The highest BCUT2D eigenvalue weighted by atomic mass is 16.5. The highest BCUT2D eigenvalue weighted by Gasteiger charge is 2.23. The molecule has 0 saturated carbocycles. The Morgan fingerprint density at radius 3 is 2.42 bits per heavy atom. The van der Waals surface area contributed by atoms with Gasteiger partial charge in [0.15, 0.2) is 0 Å². The number of amides is 1. The van der Waals surface area contributed by atoms with Crippen LogP contribution in [0.3, 0.4) is 0 Å². The van der Waals surface area contributed by atoms with Crippen LogP contribution in [0.5, 0.6) is 0 Å². The van der Waals surface area contributed by atoms with Gasteiger partial charge in [0.1, 0.15) is 0 Å². The van der Waals surface area contributed by atoms with Gasteiger partial charge in [0, 0.05) is 18.8 Å². The molecule has 4 heteroatoms. The molecule has 2 rings (SSSR count). The quantitative estimate of drug-likeness (QED) is 0.906. The first kappa shape index (κ1) is 14.0. The van der Waals surface area contributed by atoms with E-state index in [0.29, 0.717) is 6.54 Å². The van der Waals surface area contributed by atoms with Crippen molar-refractivity contribution in [2.75, 3.05) is 25.0 Å². The zero-order chi connectivity index (χ0) is 13.8. The van der Waals surface area contributed by atoms with Crippen LogP contribution >= 0.6 is 0 Å². The van der Waals surface area contributed by atoms with E-state index in [0.717, 1.165) is 18.8 Å². The van der Waals surface area contributed by atoms with Crippen LogP contribution in [-0.2, 0) is 9.53 Å². The van der Waals surface area contributed by atoms with Gasteiger partial charge in [0.05, 0.1) is 18.8 Å². The van der Waals surface area contributed by atoms with Crippen molar-refractivity contribution in [3.63, 3.8) is 0 Å². The molecule has 0 radical (unpaired) electrons. The molecule has 1 heterocycles. The molecule has 0 aromatic heterocycles. The molecule has 4 nitrogen and oxygen atoms in total. The molecule has 104 valence electrons. The molecule has 1 aliphatic rings. The van der Waals surface area contributed by atoms with E-state index in [-0.39, 0.29) is 18.1 Å². The summed E-state index contributed by atoms with van der Waals surface area (Å²) in [6.07, 6.45) is 0.381. The number of carbonyl (C=O) groups is 1. The Bertz CT molecular complexity index is 420. The Morgan fingerprint density at radius 2 is 1.84 bits per heavy atom. The normalized spacial score (nSPS) is 24.2. The standard InChI is InChI=1S/C15H22N2O2/c1-11-4-6-14(7-5-11)16-15(18)10-17-8-12(2)19-13(3)9-17/h4-7,12-13H,8-10H2,1-3H3,(H,16,18)/t12-,13-/m0/s1. The number of rotatable bonds is 3. The summed E-state index contributed by atoms with van der Waals surface area (Å²) in [5.74, 6) is 0.0325. The number of anilines is 1. The number of aryl methyl sites for hydroxylation is 1. The molecule has 1 aliphatic heterocycles. The number of hydrogen-bond donors (Lipinski definition) is 1. The molecular formula is C15H22N2O2. The number of morpholine rings is 1. The van der Waals surface area contributed by atoms with Gasteiger partial charge >= 0.3 is 0 Å². The van der Waals surface area contributed by atoms with Crippen LogP contribution < -0.4 is 5.32 Å². The predicted octanol–water partition coefficient (Wildman–Crippen LogP) is 2.04. The fourth-order valence-corrected chi connectivity index (χ4v) is 2.45. The number of ether oxygens (including phenoxy) is 1. The van der Waals surface area contributed by atoms with Crippen LogP contribution in [0.2, 0.25) is 0 Å². The lowest BCUT2D eigenvalue weighted by Crippen LogP contribution is -2.48. The zero-order valence-electron chi connectivity index (χ0n) is 11.8. The third-order valence-corrected chi connectivity index (χ3v) is 3.20. The smallest absolute Gasteiger partial charge is 0.238 e. The third-order valence-electron chi connectivity index (χ3n) is 3.20. The number of nitrogens with one attached hydrogen (secondary N) is 1. The summed E-state index contributed by atoms with van der Waals surface area (Å²) >= 11 is 0. The van der Waals surface area contributed by atoms with Crippen molar-refractivity contribution < 1.29 is 9.53 Å². The lowest BCUT2D eigenvalue weighted by Gasteiger charge is -2.34. The molecule has 0 bridgehead atoms. The second-order valence-electron chi connectivity index (χ2n) is 5.37. The fraction of sp³-hybridized carbons (Fsp3) is 0.533. The molecule has 19 heavy (non-hydrogen) atoms. The number of nitrogens with zero attached hydrogens (tertiary/aromatic N) is 1. The van der Waals surface area contributed by atoms with Gasteiger partial charge in [-0.3, -0.25) is 9.69 Å². The van der Waals surface area contributed by atoms with E-state index >= 15 is 0 Å². The Labute approximate surface area is 114 Å². The lowest BCUT2D eigenvalue weighted by atomic mass is 10.2. The van der Waals surface area contributed by atoms with E-state index in [1.54, 1.807) is 0 Å². The summed E-state index contributed by atoms with van der Waals surface area (Å²) in [6, 6.07) is 7.85. The topological polar surface area (TPSA) is 41.6 Å². The molecule has 1 aromatic carbocycles. The monoisotopic (exact) mass is 262 g/mol. The van der Waals surface area contributed by atoms with Crippen LogP contribution in [0.1, 0.15) is 19.4 Å². The molecule has 1 fully saturated rings. The van der Waals surface area contributed by atoms with Gasteiger partial charge in [-0.15, -0.1) is 0 Å². The zero-order valence-corrected chi connectivity index (χ0v) is 11.8. The van der Waals surface area contributed by atoms with Crippen molar-refractivity contribution in [1.29, 1.82) is 0 Å². The van der Waals surface area contributed by atoms with Gasteiger partial charge in [0.2, 0.25) is 5.91 Å². The summed E-state index contributed by atoms with van der Waals surface area (Å²) in [6.45, 7) is 8.16. The SMILES string of the molecule is Cc1ccc(NC(=O)CN2C[C@H](C)O[C@@H](C)C2)cc1. The first-order valence-corrected chi connectivity index (χ1v) is 6.77. The Balaban J connectivity index is 1.85. The molecular weight excluding hydrogens is 240 g/mol. The maximum Gasteiger partial charge on any atom is 0.238 e. The first-order valence-electron chi connectivity index (χ1n) is 6.77. The predicted molar refractivity (Wildman–Crippen MR) is 76.3 cm³/mol. The van der Waals surface area contributed by atoms with E-state index in [1.807, 2.05) is 45.0 Å². The second kappa shape index (κ2) is 6.17. The van der Waals surface area contributed by atoms with Crippen molar-refractivity contribution >= 4 is 11.6 Å². The first-order chi connectivity index (χ1) is 9.02. The van der Waals surface area contributed by atoms with E-state index in [4.69, 9.17) is 4.74 Å². The van der Waals surface area contributed by atoms with E-state index in [2.05, 4.69) is 10.2 Å². The highest BCUT2D eigenvalue weighted by Crippen LogP contribution is 2.12. The summed E-state index contributed by atoms with van der Waals surface area (Å²) in [4.78, 5) is 14.1. The van der Waals surface area contributed by atoms with Gasteiger partial charge in [-0.05, 0) is 32.9 Å². The van der Waals surface area contributed by atoms with Gasteiger partial charge in [-0.25, -0.2) is 0 Å². The van der Waals surface area contributed by atoms with Crippen molar-refractivity contribution in [3.05, 3.63) is 29.8 Å². The molecule has 0 spiro atoms. The highest BCUT2D eigenvalue weighted by molar-refractivity contribution is 5.92. The third kappa shape index (κ3) is 4.33. The minimum atomic E-state index is 0.0325. The summed E-state index contributed by atoms with van der Waals surface area (Å²) in [5.41, 5.74) is 2.04. The summed E-state index contributed by atoms with van der Waals surface area (Å²) in [7, 11) is 0. The van der Waals surface area contributed by atoms with Crippen molar-refractivity contribution in [2.45, 2.75) is 33.0 Å². The molecule has 2 atom stereocenters. The largest absolute Gasteiger partial charge is 0.373 e. The van der Waals surface area contributed by atoms with Crippen LogP contribution in [-0.4, -0.2) is 42.6 Å². The molecule has 0 unspecified atom stereocenters. The Morgan fingerprint density at radius 1 is 1.26 bits per heavy atom. The van der Waals surface area contributed by atoms with Crippen molar-refractivity contribution in [3.8, 4) is 0 Å². The Hall–Kier alpha value is -1.39. The summed E-state index contributed by atoms with van der Waals surface area (Å²) < 4.78 is 5.66. The molecule has 0 aliphatic carbocycles. The molecule has 1 saturated heterocycles. The minimum Gasteiger partial charge on any atom is -0.373 e. The number of carbonyl (C=O) groups excluding carboxylic acids is 1. The number of benzene rings is 1. The van der Waals surface area contributed by atoms with Crippen LogP contribution in [0.15, 0.2) is 24.3 Å². The van der Waals surface area contributed by atoms with E-state index in [1.165, 1.54) is 5.56 Å². The van der Waals surface area contributed by atoms with Crippen molar-refractivity contribution in [1.82, 2.24) is 4.90 Å². The lowest BCUT2D eigenvalue weighted by molar-refractivity contribution is -0.121. The molecule has 1 aromatic rings. The van der Waals surface area contributed by atoms with Gasteiger partial charge in [0.25, 0.3) is 0 Å². The average Bonchev–Trinajstić information content (AvgIpc) is 2.30. The van der Waals surface area contributed by atoms with Crippen LogP contribution in [0, 0.1) is 6.92 Å².